The van der Waals surface area contributed by atoms with Crippen molar-refractivity contribution in [2.24, 2.45) is 0 Å². The molecule has 0 spiro atoms. The number of anilines is 2. The van der Waals surface area contributed by atoms with Gasteiger partial charge in [0.2, 0.25) is 6.41 Å². The lowest BCUT2D eigenvalue weighted by atomic mass is 10.2. The standard InChI is InChI=1S/C13H10Cl2N4O5S/c14-8-3-9(15)5-11(4-8)25(23,24)18-10-1-2-12(17-16-7-20)13(6-10)19(21)22/h1-7,17-18H,(H,16,20). The fourth-order valence-electron chi connectivity index (χ4n) is 1.86. The number of nitrogens with one attached hydrogen (secondary N) is 3. The van der Waals surface area contributed by atoms with Crippen molar-refractivity contribution in [2.45, 2.75) is 4.90 Å². The molecule has 0 saturated heterocycles. The smallest absolute Gasteiger partial charge is 0.292 e. The zero-order chi connectivity index (χ0) is 18.6. The van der Waals surface area contributed by atoms with Gasteiger partial charge in [0.1, 0.15) is 5.69 Å². The molecule has 0 saturated carbocycles. The van der Waals surface area contributed by atoms with E-state index in [0.29, 0.717) is 6.41 Å². The third-order valence-corrected chi connectivity index (χ3v) is 4.66. The summed E-state index contributed by atoms with van der Waals surface area (Å²) >= 11 is 11.6. The summed E-state index contributed by atoms with van der Waals surface area (Å²) < 4.78 is 26.9. The molecular weight excluding hydrogens is 395 g/mol. The van der Waals surface area contributed by atoms with E-state index in [1.54, 1.807) is 0 Å². The van der Waals surface area contributed by atoms with E-state index in [1.807, 2.05) is 0 Å². The topological polar surface area (TPSA) is 130 Å². The minimum atomic E-state index is -4.06. The highest BCUT2D eigenvalue weighted by Gasteiger charge is 2.19. The fraction of sp³-hybridized carbons (Fsp3) is 0. The Morgan fingerprint density at radius 1 is 1.08 bits per heavy atom. The van der Waals surface area contributed by atoms with Crippen LogP contribution < -0.4 is 15.6 Å². The van der Waals surface area contributed by atoms with E-state index in [-0.39, 0.29) is 26.3 Å². The Morgan fingerprint density at radius 3 is 2.28 bits per heavy atom. The molecule has 0 heterocycles. The summed E-state index contributed by atoms with van der Waals surface area (Å²) in [6, 6.07) is 7.26. The molecule has 0 bridgehead atoms. The first-order valence-corrected chi connectivity index (χ1v) is 8.69. The van der Waals surface area contributed by atoms with Crippen molar-refractivity contribution in [1.29, 1.82) is 0 Å². The molecule has 3 N–H and O–H groups in total. The third-order valence-electron chi connectivity index (χ3n) is 2.86. The van der Waals surface area contributed by atoms with Gasteiger partial charge < -0.3 is 0 Å². The van der Waals surface area contributed by atoms with Gasteiger partial charge in [-0.2, -0.15) is 0 Å². The van der Waals surface area contributed by atoms with E-state index in [0.717, 1.165) is 6.07 Å². The molecule has 9 nitrogen and oxygen atoms in total. The molecule has 0 aromatic heterocycles. The van der Waals surface area contributed by atoms with Crippen LogP contribution in [0.1, 0.15) is 0 Å². The lowest BCUT2D eigenvalue weighted by molar-refractivity contribution is -0.383. The number of halogens is 2. The van der Waals surface area contributed by atoms with Gasteiger partial charge in [-0.05, 0) is 30.3 Å². The second-order valence-corrected chi connectivity index (χ2v) is 7.14. The molecule has 132 valence electrons. The van der Waals surface area contributed by atoms with Crippen LogP contribution in [-0.4, -0.2) is 19.8 Å². The zero-order valence-corrected chi connectivity index (χ0v) is 14.5. The molecule has 0 fully saturated rings. The SMILES string of the molecule is O=CNNc1ccc(NS(=O)(=O)c2cc(Cl)cc(Cl)c2)cc1[N+](=O)[O-]. The Labute approximate surface area is 152 Å². The van der Waals surface area contributed by atoms with Crippen molar-refractivity contribution < 1.29 is 18.1 Å². The predicted octanol–water partition coefficient (Wildman–Crippen LogP) is 2.78. The van der Waals surface area contributed by atoms with Crippen LogP contribution in [0.4, 0.5) is 17.1 Å². The summed E-state index contributed by atoms with van der Waals surface area (Å²) in [6.07, 6.45) is 0.295. The summed E-state index contributed by atoms with van der Waals surface area (Å²) in [7, 11) is -4.06. The monoisotopic (exact) mass is 404 g/mol. The van der Waals surface area contributed by atoms with E-state index in [4.69, 9.17) is 23.2 Å². The number of nitro benzene ring substituents is 1. The number of rotatable bonds is 7. The number of hydrazine groups is 1. The predicted molar refractivity (Wildman–Crippen MR) is 93.2 cm³/mol. The summed E-state index contributed by atoms with van der Waals surface area (Å²) in [5.74, 6) is 0. The van der Waals surface area contributed by atoms with E-state index in [9.17, 15) is 23.3 Å². The Morgan fingerprint density at radius 2 is 1.72 bits per heavy atom. The maximum atomic E-state index is 12.4. The Bertz CT molecular complexity index is 916. The van der Waals surface area contributed by atoms with E-state index >= 15 is 0 Å². The van der Waals surface area contributed by atoms with Gasteiger partial charge in [0.15, 0.2) is 0 Å². The number of nitro groups is 1. The summed E-state index contributed by atoms with van der Waals surface area (Å²) in [5, 5.41) is 11.3. The molecule has 2 aromatic rings. The Balaban J connectivity index is 2.37. The fourth-order valence-corrected chi connectivity index (χ4v) is 3.63. The number of hydrogen-bond donors (Lipinski definition) is 3. The maximum absolute atomic E-state index is 12.4. The lowest BCUT2D eigenvalue weighted by Crippen LogP contribution is -2.20. The normalized spacial score (nSPS) is 10.8. The number of carbonyl (C=O) groups is 1. The van der Waals surface area contributed by atoms with Gasteiger partial charge in [-0.3, -0.25) is 30.5 Å². The second kappa shape index (κ2) is 7.55. The molecule has 2 rings (SSSR count). The van der Waals surface area contributed by atoms with Crippen molar-refractivity contribution in [2.75, 3.05) is 10.1 Å². The molecule has 12 heteroatoms. The van der Waals surface area contributed by atoms with Gasteiger partial charge in [-0.15, -0.1) is 0 Å². The van der Waals surface area contributed by atoms with Gasteiger partial charge in [-0.1, -0.05) is 23.2 Å². The van der Waals surface area contributed by atoms with Gasteiger partial charge in [0.25, 0.3) is 15.7 Å². The molecule has 0 atom stereocenters. The van der Waals surface area contributed by atoms with Crippen LogP contribution in [0.15, 0.2) is 41.3 Å². The maximum Gasteiger partial charge on any atom is 0.296 e. The molecule has 2 aromatic carbocycles. The van der Waals surface area contributed by atoms with Crippen LogP contribution >= 0.6 is 23.2 Å². The van der Waals surface area contributed by atoms with Crippen LogP contribution in [0.3, 0.4) is 0 Å². The number of benzene rings is 2. The third kappa shape index (κ3) is 4.72. The van der Waals surface area contributed by atoms with Crippen molar-refractivity contribution in [3.05, 3.63) is 56.6 Å². The largest absolute Gasteiger partial charge is 0.296 e. The van der Waals surface area contributed by atoms with Gasteiger partial charge in [0.05, 0.1) is 15.5 Å². The van der Waals surface area contributed by atoms with Crippen LogP contribution in [0.5, 0.6) is 0 Å². The summed E-state index contributed by atoms with van der Waals surface area (Å²) in [6.45, 7) is 0. The molecule has 25 heavy (non-hydrogen) atoms. The number of amides is 1. The van der Waals surface area contributed by atoms with Crippen molar-refractivity contribution in [3.8, 4) is 0 Å². The summed E-state index contributed by atoms with van der Waals surface area (Å²) in [5.41, 5.74) is 3.85. The minimum absolute atomic E-state index is 0.0224. The van der Waals surface area contributed by atoms with Crippen molar-refractivity contribution >= 4 is 56.7 Å². The van der Waals surface area contributed by atoms with Crippen LogP contribution in [-0.2, 0) is 14.8 Å². The molecule has 0 aliphatic heterocycles. The molecule has 0 radical (unpaired) electrons. The number of sulfonamides is 1. The summed E-state index contributed by atoms with van der Waals surface area (Å²) in [4.78, 5) is 20.4. The van der Waals surface area contributed by atoms with E-state index in [2.05, 4.69) is 15.6 Å². The zero-order valence-electron chi connectivity index (χ0n) is 12.2. The number of hydrogen-bond acceptors (Lipinski definition) is 6. The average Bonchev–Trinajstić information content (AvgIpc) is 2.52. The van der Waals surface area contributed by atoms with Gasteiger partial charge in [0, 0.05) is 16.1 Å². The van der Waals surface area contributed by atoms with Crippen LogP contribution in [0.2, 0.25) is 10.0 Å². The van der Waals surface area contributed by atoms with Crippen LogP contribution in [0.25, 0.3) is 0 Å². The second-order valence-electron chi connectivity index (χ2n) is 4.59. The molecule has 0 aliphatic carbocycles. The van der Waals surface area contributed by atoms with E-state index in [1.165, 1.54) is 30.3 Å². The quantitative estimate of drug-likeness (QED) is 0.369. The van der Waals surface area contributed by atoms with Crippen molar-refractivity contribution in [1.82, 2.24) is 5.43 Å². The van der Waals surface area contributed by atoms with Gasteiger partial charge in [-0.25, -0.2) is 8.42 Å². The lowest BCUT2D eigenvalue weighted by Gasteiger charge is -2.11. The number of nitrogens with zero attached hydrogens (tertiary/aromatic N) is 1. The highest BCUT2D eigenvalue weighted by molar-refractivity contribution is 7.92. The van der Waals surface area contributed by atoms with Crippen molar-refractivity contribution in [3.63, 3.8) is 0 Å². The highest BCUT2D eigenvalue weighted by Crippen LogP contribution is 2.29. The van der Waals surface area contributed by atoms with E-state index < -0.39 is 20.6 Å². The minimum Gasteiger partial charge on any atom is -0.292 e. The molecule has 0 aliphatic rings. The average molecular weight is 405 g/mol. The van der Waals surface area contributed by atoms with Crippen LogP contribution in [0, 0.1) is 10.1 Å². The first-order chi connectivity index (χ1) is 11.7. The number of carbonyl (C=O) groups excluding carboxylic acids is 1. The molecular formula is C13H10Cl2N4O5S. The Hall–Kier alpha value is -2.56. The Kier molecular flexibility index (Phi) is 5.67. The highest BCUT2D eigenvalue weighted by atomic mass is 35.5. The molecule has 1 amide bonds. The first-order valence-electron chi connectivity index (χ1n) is 6.45. The van der Waals surface area contributed by atoms with Gasteiger partial charge >= 0.3 is 0 Å². The molecule has 0 unspecified atom stereocenters. The first kappa shape index (κ1) is 18.8.